The van der Waals surface area contributed by atoms with Gasteiger partial charge in [-0.2, -0.15) is 5.10 Å². The molecule has 8 nitrogen and oxygen atoms in total. The minimum absolute atomic E-state index is 0.164. The molecule has 0 fully saturated rings. The summed E-state index contributed by atoms with van der Waals surface area (Å²) >= 11 is 24.4. The van der Waals surface area contributed by atoms with Crippen LogP contribution < -0.4 is 5.56 Å². The minimum Gasteiger partial charge on any atom is -0.466 e. The van der Waals surface area contributed by atoms with Crippen LogP contribution in [0.3, 0.4) is 0 Å². The van der Waals surface area contributed by atoms with Crippen molar-refractivity contribution in [2.45, 2.75) is 20.0 Å². The second kappa shape index (κ2) is 8.95. The molecule has 3 aromatic rings. The van der Waals surface area contributed by atoms with Gasteiger partial charge in [-0.15, -0.1) is 0 Å². The van der Waals surface area contributed by atoms with Crippen molar-refractivity contribution in [3.8, 4) is 0 Å². The fraction of sp³-hybridized carbons (Fsp3) is 0.190. The molecular weight excluding hydrogens is 516 g/mol. The Morgan fingerprint density at radius 1 is 0.909 bits per heavy atom. The van der Waals surface area contributed by atoms with Gasteiger partial charge in [-0.3, -0.25) is 24.1 Å². The molecular formula is C21H13Cl4N3O5. The molecule has 0 unspecified atom stereocenters. The van der Waals surface area contributed by atoms with Crippen LogP contribution in [0.25, 0.3) is 10.8 Å². The molecule has 170 valence electrons. The van der Waals surface area contributed by atoms with Crippen LogP contribution >= 0.6 is 46.4 Å². The van der Waals surface area contributed by atoms with Gasteiger partial charge in [0.2, 0.25) is 0 Å². The maximum absolute atomic E-state index is 13.0. The number of rotatable bonds is 5. The first-order valence-electron chi connectivity index (χ1n) is 9.53. The van der Waals surface area contributed by atoms with Crippen LogP contribution in [0.15, 0.2) is 29.1 Å². The van der Waals surface area contributed by atoms with Crippen LogP contribution in [-0.4, -0.2) is 39.1 Å². The molecule has 33 heavy (non-hydrogen) atoms. The van der Waals surface area contributed by atoms with Gasteiger partial charge in [0.15, 0.2) is 0 Å². The third-order valence-corrected chi connectivity index (χ3v) is 6.82. The molecule has 4 rings (SSSR count). The molecule has 0 N–H and O–H groups in total. The maximum Gasteiger partial charge on any atom is 0.311 e. The number of benzene rings is 2. The van der Waals surface area contributed by atoms with Crippen molar-refractivity contribution in [3.05, 3.63) is 71.5 Å². The van der Waals surface area contributed by atoms with E-state index in [9.17, 15) is 19.2 Å². The van der Waals surface area contributed by atoms with Crippen molar-refractivity contribution < 1.29 is 19.1 Å². The SMILES string of the molecule is CCOC(=O)Cc1nn(CN2C(=O)c3c(Cl)c(Cl)c(Cl)c(Cl)c3C2=O)c(=O)c2ccccc12. The first-order chi connectivity index (χ1) is 15.7. The third kappa shape index (κ3) is 3.87. The predicted octanol–water partition coefficient (Wildman–Crippen LogP) is 4.37. The number of aromatic nitrogens is 2. The second-order valence-electron chi connectivity index (χ2n) is 6.96. The van der Waals surface area contributed by atoms with Crippen LogP contribution in [0.1, 0.15) is 33.3 Å². The van der Waals surface area contributed by atoms with Gasteiger partial charge in [0.1, 0.15) is 6.67 Å². The monoisotopic (exact) mass is 527 g/mol. The molecule has 1 aliphatic rings. The molecule has 1 aliphatic heterocycles. The Morgan fingerprint density at radius 3 is 2.00 bits per heavy atom. The number of amides is 2. The zero-order valence-corrected chi connectivity index (χ0v) is 19.8. The average Bonchev–Trinajstić information content (AvgIpc) is 3.04. The number of nitrogens with zero attached hydrogens (tertiary/aromatic N) is 3. The summed E-state index contributed by atoms with van der Waals surface area (Å²) in [6.45, 7) is 1.30. The summed E-state index contributed by atoms with van der Waals surface area (Å²) in [4.78, 5) is 51.9. The Kier molecular flexibility index (Phi) is 6.37. The summed E-state index contributed by atoms with van der Waals surface area (Å²) in [6.07, 6.45) is -0.209. The van der Waals surface area contributed by atoms with Gasteiger partial charge in [-0.1, -0.05) is 64.6 Å². The van der Waals surface area contributed by atoms with Crippen molar-refractivity contribution in [1.29, 1.82) is 0 Å². The molecule has 1 aromatic heterocycles. The van der Waals surface area contributed by atoms with E-state index in [0.29, 0.717) is 5.39 Å². The Morgan fingerprint density at radius 2 is 1.45 bits per heavy atom. The Bertz CT molecular complexity index is 1370. The van der Waals surface area contributed by atoms with Gasteiger partial charge in [0.05, 0.1) is 55.3 Å². The van der Waals surface area contributed by atoms with E-state index < -0.39 is 30.0 Å². The molecule has 2 heterocycles. The fourth-order valence-corrected chi connectivity index (χ4v) is 4.55. The zero-order valence-electron chi connectivity index (χ0n) is 16.8. The van der Waals surface area contributed by atoms with Gasteiger partial charge in [-0.25, -0.2) is 4.68 Å². The van der Waals surface area contributed by atoms with E-state index in [1.54, 1.807) is 31.2 Å². The lowest BCUT2D eigenvalue weighted by molar-refractivity contribution is -0.142. The van der Waals surface area contributed by atoms with Gasteiger partial charge >= 0.3 is 5.97 Å². The molecule has 0 aliphatic carbocycles. The molecule has 2 aromatic carbocycles. The van der Waals surface area contributed by atoms with Gasteiger partial charge in [0.25, 0.3) is 17.4 Å². The Labute approximate surface area is 206 Å². The topological polar surface area (TPSA) is 98.6 Å². The molecule has 0 bridgehead atoms. The highest BCUT2D eigenvalue weighted by Gasteiger charge is 2.42. The molecule has 0 saturated carbocycles. The standard InChI is InChI=1S/C21H13Cl4N3O5/c1-2-33-12(29)7-11-9-5-3-4-6-10(9)19(30)28(26-11)8-27-20(31)13-14(21(27)32)16(23)18(25)17(24)15(13)22/h3-6H,2,7-8H2,1H3. The first-order valence-corrected chi connectivity index (χ1v) is 11.0. The van der Waals surface area contributed by atoms with E-state index in [-0.39, 0.29) is 55.3 Å². The van der Waals surface area contributed by atoms with Gasteiger partial charge in [-0.05, 0) is 13.0 Å². The Balaban J connectivity index is 1.80. The van der Waals surface area contributed by atoms with E-state index >= 15 is 0 Å². The lowest BCUT2D eigenvalue weighted by Crippen LogP contribution is -2.38. The quantitative estimate of drug-likeness (QED) is 0.211. The van der Waals surface area contributed by atoms with Crippen LogP contribution in [0.5, 0.6) is 0 Å². The normalized spacial score (nSPS) is 13.1. The number of esters is 1. The molecule has 0 spiro atoms. The minimum atomic E-state index is -0.811. The number of hydrogen-bond acceptors (Lipinski definition) is 6. The highest BCUT2D eigenvalue weighted by atomic mass is 35.5. The maximum atomic E-state index is 13.0. The van der Waals surface area contributed by atoms with Crippen molar-refractivity contribution in [1.82, 2.24) is 14.7 Å². The van der Waals surface area contributed by atoms with Gasteiger partial charge < -0.3 is 4.74 Å². The summed E-state index contributed by atoms with van der Waals surface area (Å²) in [5, 5.41) is 4.18. The number of halogens is 4. The van der Waals surface area contributed by atoms with E-state index in [2.05, 4.69) is 5.10 Å². The van der Waals surface area contributed by atoms with E-state index in [1.165, 1.54) is 0 Å². The summed E-state index contributed by atoms with van der Waals surface area (Å²) < 4.78 is 5.90. The van der Waals surface area contributed by atoms with Crippen molar-refractivity contribution in [2.75, 3.05) is 6.61 Å². The van der Waals surface area contributed by atoms with E-state index in [1.807, 2.05) is 0 Å². The summed E-state index contributed by atoms with van der Waals surface area (Å²) in [6, 6.07) is 6.55. The lowest BCUT2D eigenvalue weighted by atomic mass is 10.1. The molecule has 0 saturated heterocycles. The number of ether oxygens (including phenoxy) is 1. The lowest BCUT2D eigenvalue weighted by Gasteiger charge is -2.16. The highest BCUT2D eigenvalue weighted by Crippen LogP contribution is 2.44. The first kappa shape index (κ1) is 23.5. The van der Waals surface area contributed by atoms with Crippen LogP contribution in [0, 0.1) is 0 Å². The van der Waals surface area contributed by atoms with E-state index in [0.717, 1.165) is 9.58 Å². The third-order valence-electron chi connectivity index (χ3n) is 5.02. The van der Waals surface area contributed by atoms with Crippen molar-refractivity contribution in [2.24, 2.45) is 0 Å². The Hall–Kier alpha value is -2.65. The number of hydrogen-bond donors (Lipinski definition) is 0. The summed E-state index contributed by atoms with van der Waals surface area (Å²) in [5.74, 6) is -2.16. The molecule has 12 heteroatoms. The van der Waals surface area contributed by atoms with Crippen molar-refractivity contribution >= 4 is 75.0 Å². The van der Waals surface area contributed by atoms with Crippen molar-refractivity contribution in [3.63, 3.8) is 0 Å². The number of imide groups is 1. The highest BCUT2D eigenvalue weighted by molar-refractivity contribution is 6.55. The molecule has 0 radical (unpaired) electrons. The summed E-state index contributed by atoms with van der Waals surface area (Å²) in [5.41, 5.74) is -0.728. The predicted molar refractivity (Wildman–Crippen MR) is 123 cm³/mol. The largest absolute Gasteiger partial charge is 0.466 e. The van der Waals surface area contributed by atoms with Crippen LogP contribution in [0.4, 0.5) is 0 Å². The second-order valence-corrected chi connectivity index (χ2v) is 8.48. The molecule has 0 atom stereocenters. The zero-order chi connectivity index (χ0) is 24.0. The van der Waals surface area contributed by atoms with Crippen LogP contribution in [0.2, 0.25) is 20.1 Å². The van der Waals surface area contributed by atoms with E-state index in [4.69, 9.17) is 51.1 Å². The smallest absolute Gasteiger partial charge is 0.311 e. The van der Waals surface area contributed by atoms with Gasteiger partial charge in [0, 0.05) is 5.39 Å². The fourth-order valence-electron chi connectivity index (χ4n) is 3.54. The number of fused-ring (bicyclic) bond motifs is 2. The molecule has 2 amide bonds. The summed E-state index contributed by atoms with van der Waals surface area (Å²) in [7, 11) is 0. The van der Waals surface area contributed by atoms with Crippen LogP contribution in [-0.2, 0) is 22.6 Å². The number of carbonyl (C=O) groups excluding carboxylic acids is 3. The average molecular weight is 529 g/mol. The number of carbonyl (C=O) groups is 3.